The Balaban J connectivity index is 2.06. The number of hydrogen-bond donors (Lipinski definition) is 3. The van der Waals surface area contributed by atoms with Crippen molar-refractivity contribution in [2.24, 2.45) is 0 Å². The van der Waals surface area contributed by atoms with Gasteiger partial charge in [0, 0.05) is 12.3 Å². The normalized spacial score (nSPS) is 11.8. The second-order valence-electron chi connectivity index (χ2n) is 5.39. The van der Waals surface area contributed by atoms with Gasteiger partial charge in [-0.25, -0.2) is 9.18 Å². The summed E-state index contributed by atoms with van der Waals surface area (Å²) in [5.74, 6) is -0.397. The fraction of sp³-hybridized carbons (Fsp3) is 0.278. The average Bonchev–Trinajstić information content (AvgIpc) is 2.55. The molecule has 2 rings (SSSR count). The summed E-state index contributed by atoms with van der Waals surface area (Å²) in [5, 5.41) is 14.6. The van der Waals surface area contributed by atoms with Gasteiger partial charge in [-0.3, -0.25) is 0 Å². The van der Waals surface area contributed by atoms with E-state index in [1.54, 1.807) is 13.0 Å². The van der Waals surface area contributed by atoms with E-state index in [0.29, 0.717) is 18.5 Å². The number of urea groups is 1. The number of hydrogen-bond acceptors (Lipinski definition) is 2. The number of aryl methyl sites for hydroxylation is 1. The second-order valence-corrected chi connectivity index (χ2v) is 5.39. The van der Waals surface area contributed by atoms with Crippen molar-refractivity contribution in [3.05, 3.63) is 65.5 Å². The molecular weight excluding hydrogens is 295 g/mol. The number of carbonyl (C=O) groups is 1. The topological polar surface area (TPSA) is 61.4 Å². The van der Waals surface area contributed by atoms with E-state index in [2.05, 4.69) is 10.6 Å². The third kappa shape index (κ3) is 5.07. The number of aliphatic hydroxyl groups is 1. The molecule has 1 atom stereocenters. The Morgan fingerprint density at radius 2 is 1.96 bits per heavy atom. The van der Waals surface area contributed by atoms with Crippen LogP contribution in [-0.2, 0) is 0 Å². The molecule has 0 aromatic heterocycles. The maximum atomic E-state index is 13.3. The van der Waals surface area contributed by atoms with Crippen LogP contribution in [0.2, 0.25) is 0 Å². The smallest absolute Gasteiger partial charge is 0.319 e. The number of nitrogens with one attached hydrogen (secondary N) is 2. The van der Waals surface area contributed by atoms with Crippen molar-refractivity contribution in [3.63, 3.8) is 0 Å². The van der Waals surface area contributed by atoms with Crippen molar-refractivity contribution in [2.75, 3.05) is 11.9 Å². The van der Waals surface area contributed by atoms with Gasteiger partial charge in [0.25, 0.3) is 0 Å². The van der Waals surface area contributed by atoms with E-state index < -0.39 is 11.8 Å². The van der Waals surface area contributed by atoms with Crippen LogP contribution in [-0.4, -0.2) is 17.7 Å². The van der Waals surface area contributed by atoms with Crippen LogP contribution in [0.1, 0.15) is 30.0 Å². The fourth-order valence-electron chi connectivity index (χ4n) is 2.35. The second kappa shape index (κ2) is 8.29. The lowest BCUT2D eigenvalue weighted by atomic mass is 10.0. The minimum atomic E-state index is -0.398. The lowest BCUT2D eigenvalue weighted by molar-refractivity contribution is 0.243. The van der Waals surface area contributed by atoms with Gasteiger partial charge in [0.05, 0.1) is 6.04 Å². The monoisotopic (exact) mass is 316 g/mol. The first-order chi connectivity index (χ1) is 11.1. The van der Waals surface area contributed by atoms with Crippen LogP contribution >= 0.6 is 0 Å². The molecule has 2 aromatic rings. The molecule has 2 amide bonds. The third-order valence-corrected chi connectivity index (χ3v) is 3.61. The summed E-state index contributed by atoms with van der Waals surface area (Å²) in [6.07, 6.45) is 1.20. The van der Waals surface area contributed by atoms with Crippen molar-refractivity contribution in [3.8, 4) is 0 Å². The van der Waals surface area contributed by atoms with Crippen molar-refractivity contribution in [1.82, 2.24) is 5.32 Å². The predicted octanol–water partition coefficient (Wildman–Crippen LogP) is 3.77. The SMILES string of the molecule is Cc1ccc(F)cc1NC(=O)NC(CCCO)c1ccccc1. The Bertz CT molecular complexity index is 647. The predicted molar refractivity (Wildman–Crippen MR) is 88.8 cm³/mol. The molecule has 2 aromatic carbocycles. The van der Waals surface area contributed by atoms with Gasteiger partial charge < -0.3 is 15.7 Å². The highest BCUT2D eigenvalue weighted by molar-refractivity contribution is 5.90. The van der Waals surface area contributed by atoms with E-state index >= 15 is 0 Å². The van der Waals surface area contributed by atoms with Crippen LogP contribution in [0.3, 0.4) is 0 Å². The van der Waals surface area contributed by atoms with Crippen LogP contribution in [0.25, 0.3) is 0 Å². The summed E-state index contributed by atoms with van der Waals surface area (Å²) in [7, 11) is 0. The molecule has 0 radical (unpaired) electrons. The molecule has 122 valence electrons. The zero-order valence-electron chi connectivity index (χ0n) is 13.1. The molecule has 4 nitrogen and oxygen atoms in total. The van der Waals surface area contributed by atoms with Crippen LogP contribution in [0, 0.1) is 12.7 Å². The summed E-state index contributed by atoms with van der Waals surface area (Å²) >= 11 is 0. The molecule has 0 heterocycles. The van der Waals surface area contributed by atoms with Gasteiger partial charge in [-0.15, -0.1) is 0 Å². The lowest BCUT2D eigenvalue weighted by Gasteiger charge is -2.20. The maximum Gasteiger partial charge on any atom is 0.319 e. The highest BCUT2D eigenvalue weighted by Gasteiger charge is 2.14. The third-order valence-electron chi connectivity index (χ3n) is 3.61. The van der Waals surface area contributed by atoms with Crippen molar-refractivity contribution in [1.29, 1.82) is 0 Å². The van der Waals surface area contributed by atoms with Crippen molar-refractivity contribution in [2.45, 2.75) is 25.8 Å². The van der Waals surface area contributed by atoms with Crippen LogP contribution < -0.4 is 10.6 Å². The van der Waals surface area contributed by atoms with Gasteiger partial charge in [0.1, 0.15) is 5.82 Å². The molecule has 0 saturated heterocycles. The quantitative estimate of drug-likeness (QED) is 0.759. The molecule has 0 saturated carbocycles. The van der Waals surface area contributed by atoms with Gasteiger partial charge in [0.15, 0.2) is 0 Å². The van der Waals surface area contributed by atoms with Crippen LogP contribution in [0.4, 0.5) is 14.9 Å². The number of amides is 2. The molecule has 23 heavy (non-hydrogen) atoms. The number of aliphatic hydroxyl groups excluding tert-OH is 1. The highest BCUT2D eigenvalue weighted by atomic mass is 19.1. The molecule has 1 unspecified atom stereocenters. The molecule has 5 heteroatoms. The number of carbonyl (C=O) groups excluding carboxylic acids is 1. The van der Waals surface area contributed by atoms with Gasteiger partial charge in [-0.05, 0) is 43.0 Å². The zero-order chi connectivity index (χ0) is 16.7. The Hall–Kier alpha value is -2.40. The van der Waals surface area contributed by atoms with Crippen LogP contribution in [0.15, 0.2) is 48.5 Å². The average molecular weight is 316 g/mol. The molecule has 3 N–H and O–H groups in total. The van der Waals surface area contributed by atoms with E-state index in [1.807, 2.05) is 30.3 Å². The number of anilines is 1. The fourth-order valence-corrected chi connectivity index (χ4v) is 2.35. The number of rotatable bonds is 6. The minimum absolute atomic E-state index is 0.0651. The Morgan fingerprint density at radius 3 is 2.65 bits per heavy atom. The van der Waals surface area contributed by atoms with Gasteiger partial charge in [0.2, 0.25) is 0 Å². The summed E-state index contributed by atoms with van der Waals surface area (Å²) in [6, 6.07) is 13.2. The summed E-state index contributed by atoms with van der Waals surface area (Å²) in [5.41, 5.74) is 2.19. The number of benzene rings is 2. The van der Waals surface area contributed by atoms with E-state index in [0.717, 1.165) is 11.1 Å². The molecule has 0 spiro atoms. The Kier molecular flexibility index (Phi) is 6.11. The van der Waals surface area contributed by atoms with Gasteiger partial charge in [-0.1, -0.05) is 36.4 Å². The summed E-state index contributed by atoms with van der Waals surface area (Å²) in [4.78, 5) is 12.2. The Labute approximate surface area is 135 Å². The zero-order valence-corrected chi connectivity index (χ0v) is 13.1. The molecule has 0 aliphatic heterocycles. The van der Waals surface area contributed by atoms with Gasteiger partial charge >= 0.3 is 6.03 Å². The first-order valence-electron chi connectivity index (χ1n) is 7.59. The van der Waals surface area contributed by atoms with Crippen molar-refractivity contribution < 1.29 is 14.3 Å². The molecular formula is C18H21FN2O2. The van der Waals surface area contributed by atoms with Gasteiger partial charge in [-0.2, -0.15) is 0 Å². The number of halogens is 1. The maximum absolute atomic E-state index is 13.3. The summed E-state index contributed by atoms with van der Waals surface area (Å²) in [6.45, 7) is 1.87. The van der Waals surface area contributed by atoms with E-state index in [-0.39, 0.29) is 12.6 Å². The Morgan fingerprint density at radius 1 is 1.22 bits per heavy atom. The van der Waals surface area contributed by atoms with Crippen molar-refractivity contribution >= 4 is 11.7 Å². The first-order valence-corrected chi connectivity index (χ1v) is 7.59. The first kappa shape index (κ1) is 17.0. The van der Waals surface area contributed by atoms with E-state index in [1.165, 1.54) is 12.1 Å². The molecule has 0 aliphatic carbocycles. The standard InChI is InChI=1S/C18H21FN2O2/c1-13-9-10-15(19)12-17(13)21-18(23)20-16(8-5-11-22)14-6-3-2-4-7-14/h2-4,6-7,9-10,12,16,22H,5,8,11H2,1H3,(H2,20,21,23). The van der Waals surface area contributed by atoms with E-state index in [9.17, 15) is 9.18 Å². The van der Waals surface area contributed by atoms with Crippen LogP contribution in [0.5, 0.6) is 0 Å². The largest absolute Gasteiger partial charge is 0.396 e. The summed E-state index contributed by atoms with van der Waals surface area (Å²) < 4.78 is 13.3. The van der Waals surface area contributed by atoms with E-state index in [4.69, 9.17) is 5.11 Å². The molecule has 0 fully saturated rings. The highest BCUT2D eigenvalue weighted by Crippen LogP contribution is 2.20. The molecule has 0 bridgehead atoms. The minimum Gasteiger partial charge on any atom is -0.396 e. The molecule has 0 aliphatic rings. The lowest BCUT2D eigenvalue weighted by Crippen LogP contribution is -2.33.